The zero-order valence-corrected chi connectivity index (χ0v) is 17.2. The molecule has 0 aliphatic carbocycles. The van der Waals surface area contributed by atoms with Crippen molar-refractivity contribution in [2.24, 2.45) is 0 Å². The van der Waals surface area contributed by atoms with Gasteiger partial charge in [0.1, 0.15) is 5.75 Å². The van der Waals surface area contributed by atoms with E-state index in [-0.39, 0.29) is 18.4 Å². The van der Waals surface area contributed by atoms with E-state index in [1.165, 1.54) is 0 Å². The third-order valence-electron chi connectivity index (χ3n) is 4.54. The molecular formula is C23H26N4O3. The molecule has 0 spiro atoms. The highest BCUT2D eigenvalue weighted by Crippen LogP contribution is 2.19. The highest BCUT2D eigenvalue weighted by Gasteiger charge is 2.17. The molecule has 1 heterocycles. The van der Waals surface area contributed by atoms with E-state index >= 15 is 0 Å². The Morgan fingerprint density at radius 1 is 1.07 bits per heavy atom. The second kappa shape index (κ2) is 10.2. The number of anilines is 1. The molecule has 2 amide bonds. The highest BCUT2D eigenvalue weighted by molar-refractivity contribution is 6.05. The highest BCUT2D eigenvalue weighted by atomic mass is 16.5. The number of aromatic nitrogens is 2. The molecule has 0 fully saturated rings. The number of carbonyl (C=O) groups excluding carboxylic acids is 2. The molecule has 0 aliphatic heterocycles. The number of likely N-dealkylation sites (N-methyl/N-ethyl adjacent to an activating group) is 1. The van der Waals surface area contributed by atoms with Crippen molar-refractivity contribution >= 4 is 17.5 Å². The smallest absolute Gasteiger partial charge is 0.259 e. The Balaban J connectivity index is 1.69. The lowest BCUT2D eigenvalue weighted by Gasteiger charge is -2.10. The molecule has 1 aromatic heterocycles. The van der Waals surface area contributed by atoms with Crippen LogP contribution in [-0.2, 0) is 17.8 Å². The monoisotopic (exact) mass is 406 g/mol. The maximum Gasteiger partial charge on any atom is 0.259 e. The van der Waals surface area contributed by atoms with E-state index in [1.54, 1.807) is 30.5 Å². The van der Waals surface area contributed by atoms with Gasteiger partial charge in [-0.05, 0) is 31.0 Å². The summed E-state index contributed by atoms with van der Waals surface area (Å²) in [7, 11) is 0. The van der Waals surface area contributed by atoms with Crippen LogP contribution in [0.2, 0.25) is 0 Å². The second-order valence-electron chi connectivity index (χ2n) is 6.73. The minimum absolute atomic E-state index is 0.0719. The first-order valence-electron chi connectivity index (χ1n) is 10.00. The van der Waals surface area contributed by atoms with E-state index in [1.807, 2.05) is 48.9 Å². The number of ether oxygens (including phenoxy) is 1. The molecule has 0 radical (unpaired) electrons. The number of benzene rings is 2. The van der Waals surface area contributed by atoms with Gasteiger partial charge < -0.3 is 15.4 Å². The van der Waals surface area contributed by atoms with Gasteiger partial charge in [-0.2, -0.15) is 5.10 Å². The Morgan fingerprint density at radius 3 is 2.60 bits per heavy atom. The number of hydrogen-bond donors (Lipinski definition) is 2. The van der Waals surface area contributed by atoms with Crippen LogP contribution >= 0.6 is 0 Å². The zero-order valence-electron chi connectivity index (χ0n) is 17.2. The first-order chi connectivity index (χ1) is 14.6. The summed E-state index contributed by atoms with van der Waals surface area (Å²) in [5, 5.41) is 9.98. The summed E-state index contributed by atoms with van der Waals surface area (Å²) in [6.45, 7) is 4.94. The summed E-state index contributed by atoms with van der Waals surface area (Å²) < 4.78 is 7.34. The Labute approximate surface area is 176 Å². The van der Waals surface area contributed by atoms with Crippen LogP contribution in [0.3, 0.4) is 0 Å². The van der Waals surface area contributed by atoms with Crippen molar-refractivity contribution in [2.75, 3.05) is 18.5 Å². The summed E-state index contributed by atoms with van der Waals surface area (Å²) in [5.74, 6) is 0.0898. The van der Waals surface area contributed by atoms with Crippen molar-refractivity contribution in [1.82, 2.24) is 15.1 Å². The maximum atomic E-state index is 12.9. The van der Waals surface area contributed by atoms with Crippen molar-refractivity contribution in [3.8, 4) is 5.75 Å². The molecule has 7 nitrogen and oxygen atoms in total. The minimum atomic E-state index is -0.230. The van der Waals surface area contributed by atoms with E-state index in [4.69, 9.17) is 4.74 Å². The van der Waals surface area contributed by atoms with Crippen LogP contribution in [0.1, 0.15) is 35.5 Å². The van der Waals surface area contributed by atoms with Crippen molar-refractivity contribution in [2.45, 2.75) is 26.8 Å². The molecule has 3 rings (SSSR count). The summed E-state index contributed by atoms with van der Waals surface area (Å²) in [6.07, 6.45) is 2.29. The number of rotatable bonds is 9. The zero-order chi connectivity index (χ0) is 21.3. The van der Waals surface area contributed by atoms with Gasteiger partial charge in [-0.3, -0.25) is 14.3 Å². The number of hydrogen-bond acceptors (Lipinski definition) is 4. The summed E-state index contributed by atoms with van der Waals surface area (Å²) in [5.41, 5.74) is 3.13. The number of carbonyl (C=O) groups is 2. The van der Waals surface area contributed by atoms with Crippen LogP contribution in [0.25, 0.3) is 0 Å². The average Bonchev–Trinajstić information content (AvgIpc) is 3.16. The molecule has 2 N–H and O–H groups in total. The lowest BCUT2D eigenvalue weighted by atomic mass is 10.1. The maximum absolute atomic E-state index is 12.9. The third kappa shape index (κ3) is 5.47. The van der Waals surface area contributed by atoms with E-state index in [9.17, 15) is 9.59 Å². The van der Waals surface area contributed by atoms with Gasteiger partial charge in [-0.25, -0.2) is 0 Å². The average molecular weight is 406 g/mol. The van der Waals surface area contributed by atoms with Crippen LogP contribution in [-0.4, -0.2) is 34.7 Å². The van der Waals surface area contributed by atoms with Crippen molar-refractivity contribution in [3.63, 3.8) is 0 Å². The Morgan fingerprint density at radius 2 is 1.87 bits per heavy atom. The molecular weight excluding hydrogens is 380 g/mol. The topological polar surface area (TPSA) is 85.2 Å². The fourth-order valence-corrected chi connectivity index (χ4v) is 3.13. The Bertz CT molecular complexity index is 999. The molecule has 2 aromatic carbocycles. The van der Waals surface area contributed by atoms with Gasteiger partial charge in [-0.15, -0.1) is 0 Å². The molecule has 0 unspecified atom stereocenters. The largest absolute Gasteiger partial charge is 0.484 e. The molecule has 0 saturated heterocycles. The fraction of sp³-hybridized carbons (Fsp3) is 0.261. The molecule has 156 valence electrons. The molecule has 3 aromatic rings. The number of amides is 2. The van der Waals surface area contributed by atoms with Crippen LogP contribution in [0, 0.1) is 0 Å². The standard InChI is InChI=1S/C23H26N4O3/c1-3-21-20(14-25-27(21)15-17-9-6-5-7-10-17)23(29)26-18-11-8-12-19(13-18)30-16-22(28)24-4-2/h5-14H,3-4,15-16H2,1-2H3,(H,24,28)(H,26,29). The summed E-state index contributed by atoms with van der Waals surface area (Å²) in [4.78, 5) is 24.4. The van der Waals surface area contributed by atoms with Gasteiger partial charge in [0, 0.05) is 18.3 Å². The second-order valence-corrected chi connectivity index (χ2v) is 6.73. The van der Waals surface area contributed by atoms with Gasteiger partial charge >= 0.3 is 0 Å². The van der Waals surface area contributed by atoms with Gasteiger partial charge in [-0.1, -0.05) is 43.3 Å². The number of nitrogens with one attached hydrogen (secondary N) is 2. The van der Waals surface area contributed by atoms with Crippen LogP contribution in [0.5, 0.6) is 5.75 Å². The van der Waals surface area contributed by atoms with E-state index in [0.717, 1.165) is 11.3 Å². The van der Waals surface area contributed by atoms with E-state index in [2.05, 4.69) is 15.7 Å². The van der Waals surface area contributed by atoms with Gasteiger partial charge in [0.05, 0.1) is 24.0 Å². The molecule has 0 atom stereocenters. The normalized spacial score (nSPS) is 10.5. The van der Waals surface area contributed by atoms with Crippen molar-refractivity contribution in [1.29, 1.82) is 0 Å². The van der Waals surface area contributed by atoms with Crippen LogP contribution in [0.4, 0.5) is 5.69 Å². The summed E-state index contributed by atoms with van der Waals surface area (Å²) >= 11 is 0. The van der Waals surface area contributed by atoms with Crippen molar-refractivity contribution < 1.29 is 14.3 Å². The van der Waals surface area contributed by atoms with E-state index in [0.29, 0.717) is 36.5 Å². The van der Waals surface area contributed by atoms with Gasteiger partial charge in [0.2, 0.25) is 0 Å². The molecule has 0 bridgehead atoms. The Hall–Kier alpha value is -3.61. The first-order valence-corrected chi connectivity index (χ1v) is 10.00. The van der Waals surface area contributed by atoms with Gasteiger partial charge in [0.15, 0.2) is 6.61 Å². The SMILES string of the molecule is CCNC(=O)COc1cccc(NC(=O)c2cnn(Cc3ccccc3)c2CC)c1. The Kier molecular flexibility index (Phi) is 7.21. The third-order valence-corrected chi connectivity index (χ3v) is 4.54. The van der Waals surface area contributed by atoms with Crippen LogP contribution in [0.15, 0.2) is 60.8 Å². The molecule has 0 aliphatic rings. The lowest BCUT2D eigenvalue weighted by molar-refractivity contribution is -0.122. The first kappa shape index (κ1) is 21.1. The van der Waals surface area contributed by atoms with Crippen molar-refractivity contribution in [3.05, 3.63) is 77.6 Å². The molecule has 0 saturated carbocycles. The predicted molar refractivity (Wildman–Crippen MR) is 116 cm³/mol. The number of nitrogens with zero attached hydrogens (tertiary/aromatic N) is 2. The predicted octanol–water partition coefficient (Wildman–Crippen LogP) is 3.26. The summed E-state index contributed by atoms with van der Waals surface area (Å²) in [6, 6.07) is 17.0. The minimum Gasteiger partial charge on any atom is -0.484 e. The fourth-order valence-electron chi connectivity index (χ4n) is 3.13. The molecule has 7 heteroatoms. The lowest BCUT2D eigenvalue weighted by Crippen LogP contribution is -2.28. The van der Waals surface area contributed by atoms with E-state index < -0.39 is 0 Å². The quantitative estimate of drug-likeness (QED) is 0.571. The molecule has 30 heavy (non-hydrogen) atoms. The van der Waals surface area contributed by atoms with Gasteiger partial charge in [0.25, 0.3) is 11.8 Å². The van der Waals surface area contributed by atoms with Crippen LogP contribution < -0.4 is 15.4 Å².